The molecule has 0 aliphatic heterocycles. The Morgan fingerprint density at radius 3 is 3.10 bits per heavy atom. The summed E-state index contributed by atoms with van der Waals surface area (Å²) in [7, 11) is 0. The number of hydrogen-bond donors (Lipinski definition) is 3. The van der Waals surface area contributed by atoms with Crippen LogP contribution in [-0.2, 0) is 0 Å². The van der Waals surface area contributed by atoms with E-state index in [4.69, 9.17) is 10.8 Å². The van der Waals surface area contributed by atoms with Crippen LogP contribution >= 0.6 is 0 Å². The number of aromatic amines is 1. The molecule has 4 heteroatoms. The first kappa shape index (κ1) is 7.24. The van der Waals surface area contributed by atoms with Gasteiger partial charge in [-0.1, -0.05) is 0 Å². The predicted octanol–water partition coefficient (Wildman–Crippen LogP) is -0.208. The van der Waals surface area contributed by atoms with Crippen LogP contribution in [0.3, 0.4) is 0 Å². The molecule has 1 unspecified atom stereocenters. The zero-order valence-corrected chi connectivity index (χ0v) is 5.62. The lowest BCUT2D eigenvalue weighted by molar-refractivity contribution is 0.275. The molecule has 0 aliphatic rings. The van der Waals surface area contributed by atoms with Gasteiger partial charge in [0.05, 0.1) is 5.69 Å². The Kier molecular flexibility index (Phi) is 2.42. The van der Waals surface area contributed by atoms with Gasteiger partial charge in [0.15, 0.2) is 0 Å². The van der Waals surface area contributed by atoms with E-state index < -0.39 is 0 Å². The smallest absolute Gasteiger partial charge is 0.0520 e. The second kappa shape index (κ2) is 3.34. The molecular formula is C6H11N3O. The normalized spacial score (nSPS) is 13.4. The molecule has 56 valence electrons. The Hall–Kier alpha value is -0.870. The Morgan fingerprint density at radius 2 is 2.60 bits per heavy atom. The molecule has 1 aromatic heterocycles. The van der Waals surface area contributed by atoms with Crippen molar-refractivity contribution in [1.29, 1.82) is 0 Å². The number of nitrogens with zero attached hydrogens (tertiary/aromatic N) is 1. The van der Waals surface area contributed by atoms with Crippen molar-refractivity contribution in [2.45, 2.75) is 12.5 Å². The Balaban J connectivity index is 2.50. The minimum atomic E-state index is -0.118. The van der Waals surface area contributed by atoms with Gasteiger partial charge >= 0.3 is 0 Å². The minimum absolute atomic E-state index is 0.111. The van der Waals surface area contributed by atoms with Crippen molar-refractivity contribution in [3.63, 3.8) is 0 Å². The van der Waals surface area contributed by atoms with Crippen LogP contribution in [0.2, 0.25) is 0 Å². The Morgan fingerprint density at radius 1 is 1.80 bits per heavy atom. The van der Waals surface area contributed by atoms with Gasteiger partial charge in [-0.05, 0) is 12.5 Å². The highest BCUT2D eigenvalue weighted by atomic mass is 16.3. The maximum atomic E-state index is 8.52. The van der Waals surface area contributed by atoms with Crippen LogP contribution in [0.1, 0.15) is 18.2 Å². The Bertz CT molecular complexity index is 173. The molecule has 0 radical (unpaired) electrons. The Labute approximate surface area is 59.1 Å². The lowest BCUT2D eigenvalue weighted by atomic mass is 10.2. The zero-order chi connectivity index (χ0) is 7.40. The highest BCUT2D eigenvalue weighted by Crippen LogP contribution is 2.07. The molecule has 0 amide bonds. The molecule has 0 aromatic carbocycles. The molecule has 10 heavy (non-hydrogen) atoms. The van der Waals surface area contributed by atoms with Crippen molar-refractivity contribution < 1.29 is 5.11 Å². The molecule has 1 aromatic rings. The van der Waals surface area contributed by atoms with Crippen LogP contribution in [0.4, 0.5) is 0 Å². The summed E-state index contributed by atoms with van der Waals surface area (Å²) in [6.07, 6.45) is 2.22. The maximum Gasteiger partial charge on any atom is 0.0520 e. The second-order valence-corrected chi connectivity index (χ2v) is 2.13. The number of H-pyrrole nitrogens is 1. The van der Waals surface area contributed by atoms with Crippen LogP contribution in [0.15, 0.2) is 12.3 Å². The van der Waals surface area contributed by atoms with E-state index in [2.05, 4.69) is 10.2 Å². The van der Waals surface area contributed by atoms with Gasteiger partial charge in [0.2, 0.25) is 0 Å². The van der Waals surface area contributed by atoms with Crippen LogP contribution in [0.25, 0.3) is 0 Å². The summed E-state index contributed by atoms with van der Waals surface area (Å²) in [4.78, 5) is 0. The SMILES string of the molecule is NC(CCO)c1ccn[nH]1. The number of nitrogens with one attached hydrogen (secondary N) is 1. The number of aliphatic hydroxyl groups is 1. The second-order valence-electron chi connectivity index (χ2n) is 2.13. The zero-order valence-electron chi connectivity index (χ0n) is 5.62. The molecule has 0 saturated carbocycles. The van der Waals surface area contributed by atoms with Crippen molar-refractivity contribution >= 4 is 0 Å². The first-order chi connectivity index (χ1) is 4.84. The maximum absolute atomic E-state index is 8.52. The fraction of sp³-hybridized carbons (Fsp3) is 0.500. The molecule has 1 atom stereocenters. The van der Waals surface area contributed by atoms with Crippen molar-refractivity contribution in [2.24, 2.45) is 5.73 Å². The third-order valence-corrected chi connectivity index (χ3v) is 1.36. The van der Waals surface area contributed by atoms with Crippen molar-refractivity contribution in [3.8, 4) is 0 Å². The fourth-order valence-corrected chi connectivity index (χ4v) is 0.768. The van der Waals surface area contributed by atoms with Crippen LogP contribution in [0, 0.1) is 0 Å². The average Bonchev–Trinajstić information content (AvgIpc) is 2.38. The van der Waals surface area contributed by atoms with Gasteiger partial charge in [0.1, 0.15) is 0 Å². The van der Waals surface area contributed by atoms with E-state index in [9.17, 15) is 0 Å². The summed E-state index contributed by atoms with van der Waals surface area (Å²) in [5, 5.41) is 15.0. The molecule has 0 fully saturated rings. The van der Waals surface area contributed by atoms with Gasteiger partial charge in [-0.3, -0.25) is 5.10 Å². The minimum Gasteiger partial charge on any atom is -0.396 e. The number of nitrogens with two attached hydrogens (primary N) is 1. The molecule has 1 rings (SSSR count). The van der Waals surface area contributed by atoms with Crippen molar-refractivity contribution in [2.75, 3.05) is 6.61 Å². The summed E-state index contributed by atoms with van der Waals surface area (Å²) in [6, 6.07) is 1.69. The molecule has 0 aliphatic carbocycles. The molecule has 4 nitrogen and oxygen atoms in total. The molecule has 1 heterocycles. The van der Waals surface area contributed by atoms with E-state index in [1.165, 1.54) is 0 Å². The van der Waals surface area contributed by atoms with Gasteiger partial charge in [-0.25, -0.2) is 0 Å². The number of rotatable bonds is 3. The highest BCUT2D eigenvalue weighted by molar-refractivity contribution is 5.02. The van der Waals surface area contributed by atoms with E-state index >= 15 is 0 Å². The van der Waals surface area contributed by atoms with E-state index in [1.54, 1.807) is 12.3 Å². The lowest BCUT2D eigenvalue weighted by Gasteiger charge is -2.04. The molecule has 0 bridgehead atoms. The molecular weight excluding hydrogens is 130 g/mol. The first-order valence-corrected chi connectivity index (χ1v) is 3.20. The average molecular weight is 141 g/mol. The van der Waals surface area contributed by atoms with Crippen LogP contribution in [0.5, 0.6) is 0 Å². The summed E-state index contributed by atoms with van der Waals surface area (Å²) < 4.78 is 0. The number of aromatic nitrogens is 2. The third-order valence-electron chi connectivity index (χ3n) is 1.36. The predicted molar refractivity (Wildman–Crippen MR) is 37.2 cm³/mol. The monoisotopic (exact) mass is 141 g/mol. The van der Waals surface area contributed by atoms with Crippen molar-refractivity contribution in [3.05, 3.63) is 18.0 Å². The summed E-state index contributed by atoms with van der Waals surface area (Å²) in [5.74, 6) is 0. The summed E-state index contributed by atoms with van der Waals surface area (Å²) in [6.45, 7) is 0.111. The number of aliphatic hydroxyl groups excluding tert-OH is 1. The van der Waals surface area contributed by atoms with Gasteiger partial charge in [-0.15, -0.1) is 0 Å². The van der Waals surface area contributed by atoms with E-state index in [1.807, 2.05) is 0 Å². The lowest BCUT2D eigenvalue weighted by Crippen LogP contribution is -2.12. The fourth-order valence-electron chi connectivity index (χ4n) is 0.768. The van der Waals surface area contributed by atoms with Gasteiger partial charge in [0, 0.05) is 18.8 Å². The molecule has 4 N–H and O–H groups in total. The largest absolute Gasteiger partial charge is 0.396 e. The summed E-state index contributed by atoms with van der Waals surface area (Å²) in [5.41, 5.74) is 6.49. The third kappa shape index (κ3) is 1.55. The van der Waals surface area contributed by atoms with Gasteiger partial charge in [-0.2, -0.15) is 5.10 Å². The van der Waals surface area contributed by atoms with E-state index in [0.29, 0.717) is 6.42 Å². The highest BCUT2D eigenvalue weighted by Gasteiger charge is 2.04. The van der Waals surface area contributed by atoms with Gasteiger partial charge in [0.25, 0.3) is 0 Å². The first-order valence-electron chi connectivity index (χ1n) is 3.20. The van der Waals surface area contributed by atoms with Crippen LogP contribution in [-0.4, -0.2) is 21.9 Å². The van der Waals surface area contributed by atoms with E-state index in [-0.39, 0.29) is 12.6 Å². The standard InChI is InChI=1S/C6H11N3O/c7-5(2-4-10)6-1-3-8-9-6/h1,3,5,10H,2,4,7H2,(H,8,9). The topological polar surface area (TPSA) is 74.9 Å². The van der Waals surface area contributed by atoms with Crippen molar-refractivity contribution in [1.82, 2.24) is 10.2 Å². The molecule has 0 saturated heterocycles. The van der Waals surface area contributed by atoms with Crippen LogP contribution < -0.4 is 5.73 Å². The van der Waals surface area contributed by atoms with E-state index in [0.717, 1.165) is 5.69 Å². The molecule has 0 spiro atoms. The quantitative estimate of drug-likeness (QED) is 0.545. The van der Waals surface area contributed by atoms with Gasteiger partial charge < -0.3 is 10.8 Å². The number of hydrogen-bond acceptors (Lipinski definition) is 3. The summed E-state index contributed by atoms with van der Waals surface area (Å²) >= 11 is 0.